The molecule has 0 spiro atoms. The normalized spacial score (nSPS) is 10.5. The lowest BCUT2D eigenvalue weighted by atomic mass is 10.3. The second kappa shape index (κ2) is 3.68. The van der Waals surface area contributed by atoms with Crippen molar-refractivity contribution in [3.63, 3.8) is 0 Å². The van der Waals surface area contributed by atoms with E-state index in [1.54, 1.807) is 12.3 Å². The van der Waals surface area contributed by atoms with Gasteiger partial charge in [0.2, 0.25) is 0 Å². The average molecular weight is 208 g/mol. The second-order valence-corrected chi connectivity index (χ2v) is 3.10. The van der Waals surface area contributed by atoms with Crippen LogP contribution < -0.4 is 0 Å². The number of imidazole rings is 1. The van der Waals surface area contributed by atoms with Crippen molar-refractivity contribution in [3.8, 4) is 0 Å². The van der Waals surface area contributed by atoms with Gasteiger partial charge in [-0.2, -0.15) is 0 Å². The summed E-state index contributed by atoms with van der Waals surface area (Å²) < 4.78 is 18.9. The van der Waals surface area contributed by atoms with Gasteiger partial charge in [0, 0.05) is 12.4 Å². The van der Waals surface area contributed by atoms with Gasteiger partial charge in [-0.05, 0) is 12.1 Å². The molecule has 15 heavy (non-hydrogen) atoms. The lowest BCUT2D eigenvalue weighted by molar-refractivity contribution is -0.139. The van der Waals surface area contributed by atoms with E-state index in [2.05, 4.69) is 9.72 Å². The highest BCUT2D eigenvalue weighted by atomic mass is 19.1. The van der Waals surface area contributed by atoms with Gasteiger partial charge in [-0.3, -0.25) is 4.79 Å². The summed E-state index contributed by atoms with van der Waals surface area (Å²) in [4.78, 5) is 15.1. The molecule has 0 bridgehead atoms. The fraction of sp³-hybridized carbons (Fsp3) is 0.200. The Balaban J connectivity index is 2.34. The van der Waals surface area contributed by atoms with Gasteiger partial charge in [0.25, 0.3) is 0 Å². The Kier molecular flexibility index (Phi) is 2.37. The molecule has 0 saturated carbocycles. The smallest absolute Gasteiger partial charge is 0.311 e. The summed E-state index contributed by atoms with van der Waals surface area (Å²) in [7, 11) is 1.32. The Morgan fingerprint density at radius 2 is 2.33 bits per heavy atom. The molecule has 0 atom stereocenters. The molecule has 0 aliphatic carbocycles. The van der Waals surface area contributed by atoms with Crippen LogP contribution in [0.4, 0.5) is 4.39 Å². The standard InChI is InChI=1S/C10H9FN2O2/c1-15-10(14)4-8-6-13-5-7(11)2-3-9(13)12-8/h2-3,5-6H,4H2,1H3. The molecule has 2 heterocycles. The number of halogens is 1. The molecule has 0 saturated heterocycles. The minimum atomic E-state index is -0.362. The highest BCUT2D eigenvalue weighted by Crippen LogP contribution is 2.07. The number of hydrogen-bond acceptors (Lipinski definition) is 3. The molecule has 78 valence electrons. The first-order valence-electron chi connectivity index (χ1n) is 4.39. The molecule has 0 N–H and O–H groups in total. The van der Waals surface area contributed by atoms with Crippen LogP contribution in [0, 0.1) is 5.82 Å². The van der Waals surface area contributed by atoms with Crippen molar-refractivity contribution in [1.29, 1.82) is 0 Å². The zero-order valence-corrected chi connectivity index (χ0v) is 8.11. The Bertz CT molecular complexity index is 507. The lowest BCUT2D eigenvalue weighted by Crippen LogP contribution is -2.04. The van der Waals surface area contributed by atoms with Crippen LogP contribution in [0.1, 0.15) is 5.69 Å². The Labute approximate surface area is 85.3 Å². The number of hydrogen-bond donors (Lipinski definition) is 0. The van der Waals surface area contributed by atoms with Crippen molar-refractivity contribution in [2.24, 2.45) is 0 Å². The van der Waals surface area contributed by atoms with Crippen LogP contribution in [0.15, 0.2) is 24.5 Å². The highest BCUT2D eigenvalue weighted by Gasteiger charge is 2.07. The minimum absolute atomic E-state index is 0.0970. The molecular weight excluding hydrogens is 199 g/mol. The molecule has 0 unspecified atom stereocenters. The minimum Gasteiger partial charge on any atom is -0.469 e. The molecule has 4 nitrogen and oxygen atoms in total. The Hall–Kier alpha value is -1.91. The van der Waals surface area contributed by atoms with Crippen LogP contribution in [0.25, 0.3) is 5.65 Å². The summed E-state index contributed by atoms with van der Waals surface area (Å²) in [6, 6.07) is 2.88. The maximum atomic E-state index is 12.8. The number of rotatable bonds is 2. The molecule has 2 aromatic rings. The maximum absolute atomic E-state index is 12.8. The van der Waals surface area contributed by atoms with E-state index in [0.29, 0.717) is 11.3 Å². The number of methoxy groups -OCH3 is 1. The van der Waals surface area contributed by atoms with E-state index >= 15 is 0 Å². The molecule has 0 fully saturated rings. The van der Waals surface area contributed by atoms with E-state index in [4.69, 9.17) is 0 Å². The summed E-state index contributed by atoms with van der Waals surface area (Å²) >= 11 is 0. The first-order valence-corrected chi connectivity index (χ1v) is 4.39. The first kappa shape index (κ1) is 9.64. The van der Waals surface area contributed by atoms with Crippen LogP contribution in [0.5, 0.6) is 0 Å². The SMILES string of the molecule is COC(=O)Cc1cn2cc(F)ccc2n1. The van der Waals surface area contributed by atoms with Gasteiger partial charge in [0.15, 0.2) is 0 Å². The largest absolute Gasteiger partial charge is 0.469 e. The van der Waals surface area contributed by atoms with Crippen LogP contribution >= 0.6 is 0 Å². The predicted molar refractivity (Wildman–Crippen MR) is 50.9 cm³/mol. The van der Waals surface area contributed by atoms with Crippen molar-refractivity contribution >= 4 is 11.6 Å². The van der Waals surface area contributed by atoms with Gasteiger partial charge >= 0.3 is 5.97 Å². The third kappa shape index (κ3) is 1.96. The van der Waals surface area contributed by atoms with Crippen molar-refractivity contribution in [3.05, 3.63) is 36.0 Å². The van der Waals surface area contributed by atoms with Crippen LogP contribution in [-0.4, -0.2) is 22.5 Å². The topological polar surface area (TPSA) is 43.6 Å². The van der Waals surface area contributed by atoms with Crippen molar-refractivity contribution in [2.75, 3.05) is 7.11 Å². The summed E-state index contributed by atoms with van der Waals surface area (Å²) in [5.41, 5.74) is 1.17. The average Bonchev–Trinajstić information content (AvgIpc) is 2.59. The molecule has 0 radical (unpaired) electrons. The Morgan fingerprint density at radius 3 is 3.07 bits per heavy atom. The lowest BCUT2D eigenvalue weighted by Gasteiger charge is -1.92. The summed E-state index contributed by atoms with van der Waals surface area (Å²) in [6.07, 6.45) is 3.01. The molecule has 2 aromatic heterocycles. The molecule has 0 aromatic carbocycles. The monoisotopic (exact) mass is 208 g/mol. The van der Waals surface area contributed by atoms with Crippen LogP contribution in [-0.2, 0) is 16.0 Å². The van der Waals surface area contributed by atoms with E-state index in [9.17, 15) is 9.18 Å². The second-order valence-electron chi connectivity index (χ2n) is 3.10. The van der Waals surface area contributed by atoms with Gasteiger partial charge in [-0.1, -0.05) is 0 Å². The van der Waals surface area contributed by atoms with Gasteiger partial charge < -0.3 is 9.14 Å². The molecule has 0 amide bonds. The fourth-order valence-electron chi connectivity index (χ4n) is 1.32. The highest BCUT2D eigenvalue weighted by molar-refractivity contribution is 5.72. The van der Waals surface area contributed by atoms with E-state index in [1.165, 1.54) is 23.8 Å². The van der Waals surface area contributed by atoms with E-state index in [0.717, 1.165) is 0 Å². The number of pyridine rings is 1. The first-order chi connectivity index (χ1) is 7.19. The fourth-order valence-corrected chi connectivity index (χ4v) is 1.32. The van der Waals surface area contributed by atoms with Crippen LogP contribution in [0.2, 0.25) is 0 Å². The number of carbonyl (C=O) groups is 1. The quantitative estimate of drug-likeness (QED) is 0.696. The van der Waals surface area contributed by atoms with Crippen LogP contribution in [0.3, 0.4) is 0 Å². The number of fused-ring (bicyclic) bond motifs is 1. The van der Waals surface area contributed by atoms with Crippen molar-refractivity contribution in [1.82, 2.24) is 9.38 Å². The van der Waals surface area contributed by atoms with Gasteiger partial charge in [-0.25, -0.2) is 9.37 Å². The molecular formula is C10H9FN2O2. The molecule has 0 aliphatic rings. The van der Waals surface area contributed by atoms with E-state index < -0.39 is 0 Å². The summed E-state index contributed by atoms with van der Waals surface area (Å²) in [5.74, 6) is -0.705. The van der Waals surface area contributed by atoms with E-state index in [1.807, 2.05) is 0 Å². The zero-order valence-electron chi connectivity index (χ0n) is 8.11. The summed E-state index contributed by atoms with van der Waals surface area (Å²) in [6.45, 7) is 0. The summed E-state index contributed by atoms with van der Waals surface area (Å²) in [5, 5.41) is 0. The van der Waals surface area contributed by atoms with Gasteiger partial charge in [0.05, 0.1) is 19.2 Å². The van der Waals surface area contributed by atoms with Gasteiger partial charge in [0.1, 0.15) is 11.5 Å². The third-order valence-electron chi connectivity index (χ3n) is 2.02. The van der Waals surface area contributed by atoms with Gasteiger partial charge in [-0.15, -0.1) is 0 Å². The number of carbonyl (C=O) groups excluding carboxylic acids is 1. The predicted octanol–water partition coefficient (Wildman–Crippen LogP) is 1.19. The number of esters is 1. The zero-order chi connectivity index (χ0) is 10.8. The molecule has 0 aliphatic heterocycles. The number of nitrogens with zero attached hydrogens (tertiary/aromatic N) is 2. The van der Waals surface area contributed by atoms with E-state index in [-0.39, 0.29) is 18.2 Å². The third-order valence-corrected chi connectivity index (χ3v) is 2.02. The molecule has 2 rings (SSSR count). The maximum Gasteiger partial charge on any atom is 0.311 e. The van der Waals surface area contributed by atoms with Crippen molar-refractivity contribution in [2.45, 2.75) is 6.42 Å². The Morgan fingerprint density at radius 1 is 1.53 bits per heavy atom. The number of ether oxygens (including phenoxy) is 1. The number of aromatic nitrogens is 2. The van der Waals surface area contributed by atoms with Crippen molar-refractivity contribution < 1.29 is 13.9 Å². The molecule has 5 heteroatoms.